The molecule has 0 bridgehead atoms. The van der Waals surface area contributed by atoms with Crippen molar-refractivity contribution in [2.45, 2.75) is 24.2 Å². The standard InChI is InChI=1S/C20H21N3O4S2/c1-27-17-10-9-14(29(25,26)23-11-5-2-6-12-23)13-15(17)19(24)22-20-21-16-7-3-4-8-18(16)28-20/h3-4,7-10,13H,2,5-6,11-12H2,1H3,(H,21,22,24). The fourth-order valence-electron chi connectivity index (χ4n) is 3.37. The first-order valence-electron chi connectivity index (χ1n) is 9.34. The number of sulfonamides is 1. The summed E-state index contributed by atoms with van der Waals surface area (Å²) >= 11 is 1.36. The molecular formula is C20H21N3O4S2. The summed E-state index contributed by atoms with van der Waals surface area (Å²) in [6.07, 6.45) is 2.73. The van der Waals surface area contributed by atoms with Gasteiger partial charge in [0.05, 0.1) is 27.8 Å². The van der Waals surface area contributed by atoms with E-state index in [0.29, 0.717) is 24.0 Å². The zero-order valence-corrected chi connectivity index (χ0v) is 17.6. The molecule has 1 aliphatic heterocycles. The van der Waals surface area contributed by atoms with E-state index in [9.17, 15) is 13.2 Å². The van der Waals surface area contributed by atoms with Gasteiger partial charge in [0, 0.05) is 13.1 Å². The van der Waals surface area contributed by atoms with Crippen LogP contribution < -0.4 is 10.1 Å². The average molecular weight is 432 g/mol. The number of para-hydroxylation sites is 1. The van der Waals surface area contributed by atoms with Gasteiger partial charge in [-0.1, -0.05) is 29.9 Å². The van der Waals surface area contributed by atoms with Crippen molar-refractivity contribution in [2.75, 3.05) is 25.5 Å². The van der Waals surface area contributed by atoms with Gasteiger partial charge in [-0.15, -0.1) is 0 Å². The molecule has 1 fully saturated rings. The molecule has 4 rings (SSSR count). The maximum Gasteiger partial charge on any atom is 0.261 e. The average Bonchev–Trinajstić information content (AvgIpc) is 3.16. The molecule has 152 valence electrons. The molecule has 0 unspecified atom stereocenters. The summed E-state index contributed by atoms with van der Waals surface area (Å²) < 4.78 is 33.7. The molecule has 0 saturated carbocycles. The molecule has 7 nitrogen and oxygen atoms in total. The van der Waals surface area contributed by atoms with Crippen LogP contribution in [-0.2, 0) is 10.0 Å². The summed E-state index contributed by atoms with van der Waals surface area (Å²) in [5.41, 5.74) is 0.950. The number of piperidine rings is 1. The van der Waals surface area contributed by atoms with E-state index in [4.69, 9.17) is 4.74 Å². The highest BCUT2D eigenvalue weighted by Gasteiger charge is 2.27. The molecule has 1 N–H and O–H groups in total. The molecule has 2 aromatic carbocycles. The Morgan fingerprint density at radius 3 is 2.62 bits per heavy atom. The molecule has 29 heavy (non-hydrogen) atoms. The summed E-state index contributed by atoms with van der Waals surface area (Å²) in [6.45, 7) is 1.00. The molecule has 1 aromatic heterocycles. The lowest BCUT2D eigenvalue weighted by molar-refractivity contribution is 0.102. The normalized spacial score (nSPS) is 15.3. The van der Waals surface area contributed by atoms with Gasteiger partial charge in [-0.25, -0.2) is 13.4 Å². The van der Waals surface area contributed by atoms with Crippen molar-refractivity contribution in [3.8, 4) is 5.75 Å². The molecular weight excluding hydrogens is 410 g/mol. The third-order valence-electron chi connectivity index (χ3n) is 4.88. The Hall–Kier alpha value is -2.49. The fourth-order valence-corrected chi connectivity index (χ4v) is 5.77. The Labute approximate surface area is 173 Å². The van der Waals surface area contributed by atoms with Gasteiger partial charge >= 0.3 is 0 Å². The van der Waals surface area contributed by atoms with Crippen LogP contribution in [0, 0.1) is 0 Å². The minimum absolute atomic E-state index is 0.0923. The van der Waals surface area contributed by atoms with Crippen molar-refractivity contribution in [1.29, 1.82) is 0 Å². The minimum Gasteiger partial charge on any atom is -0.496 e. The van der Waals surface area contributed by atoms with Gasteiger partial charge < -0.3 is 4.74 Å². The number of benzene rings is 2. The van der Waals surface area contributed by atoms with E-state index < -0.39 is 15.9 Å². The number of rotatable bonds is 5. The topological polar surface area (TPSA) is 88.6 Å². The van der Waals surface area contributed by atoms with Crippen LogP contribution in [0.4, 0.5) is 5.13 Å². The van der Waals surface area contributed by atoms with Crippen molar-refractivity contribution in [1.82, 2.24) is 9.29 Å². The van der Waals surface area contributed by atoms with Gasteiger partial charge in [-0.2, -0.15) is 4.31 Å². The first-order valence-corrected chi connectivity index (χ1v) is 11.6. The quantitative estimate of drug-likeness (QED) is 0.665. The van der Waals surface area contributed by atoms with E-state index in [1.54, 1.807) is 0 Å². The van der Waals surface area contributed by atoms with Crippen LogP contribution in [0.5, 0.6) is 5.75 Å². The number of nitrogens with one attached hydrogen (secondary N) is 1. The number of methoxy groups -OCH3 is 1. The monoisotopic (exact) mass is 431 g/mol. The van der Waals surface area contributed by atoms with Crippen molar-refractivity contribution >= 4 is 42.6 Å². The number of hydrogen-bond donors (Lipinski definition) is 1. The number of anilines is 1. The largest absolute Gasteiger partial charge is 0.496 e. The highest BCUT2D eigenvalue weighted by Crippen LogP contribution is 2.29. The lowest BCUT2D eigenvalue weighted by Gasteiger charge is -2.26. The number of thiazole rings is 1. The molecule has 1 saturated heterocycles. The molecule has 9 heteroatoms. The van der Waals surface area contributed by atoms with Crippen molar-refractivity contribution in [2.24, 2.45) is 0 Å². The van der Waals surface area contributed by atoms with Crippen LogP contribution in [0.1, 0.15) is 29.6 Å². The molecule has 0 aliphatic carbocycles. The Morgan fingerprint density at radius 1 is 1.14 bits per heavy atom. The highest BCUT2D eigenvalue weighted by molar-refractivity contribution is 7.89. The Bertz CT molecular complexity index is 1120. The summed E-state index contributed by atoms with van der Waals surface area (Å²) in [5.74, 6) is -0.155. The first kappa shape index (κ1) is 19.8. The van der Waals surface area contributed by atoms with Gasteiger partial charge in [0.25, 0.3) is 5.91 Å². The van der Waals surface area contributed by atoms with E-state index in [1.807, 2.05) is 24.3 Å². The van der Waals surface area contributed by atoms with E-state index in [2.05, 4.69) is 10.3 Å². The highest BCUT2D eigenvalue weighted by atomic mass is 32.2. The van der Waals surface area contributed by atoms with Crippen molar-refractivity contribution < 1.29 is 17.9 Å². The van der Waals surface area contributed by atoms with Crippen LogP contribution >= 0.6 is 11.3 Å². The van der Waals surface area contributed by atoms with Crippen LogP contribution in [-0.4, -0.2) is 43.8 Å². The number of carbonyl (C=O) groups is 1. The Balaban J connectivity index is 1.64. The molecule has 0 radical (unpaired) electrons. The summed E-state index contributed by atoms with van der Waals surface area (Å²) in [6, 6.07) is 12.0. The van der Waals surface area contributed by atoms with Gasteiger partial charge in [0.2, 0.25) is 10.0 Å². The lowest BCUT2D eigenvalue weighted by Crippen LogP contribution is -2.35. The fraction of sp³-hybridized carbons (Fsp3) is 0.300. The first-order chi connectivity index (χ1) is 14.0. The molecule has 0 atom stereocenters. The van der Waals surface area contributed by atoms with Gasteiger partial charge in [-0.3, -0.25) is 10.1 Å². The third kappa shape index (κ3) is 3.98. The summed E-state index contributed by atoms with van der Waals surface area (Å²) in [5, 5.41) is 3.21. The Kier molecular flexibility index (Phi) is 5.53. The molecule has 3 aromatic rings. The summed E-state index contributed by atoms with van der Waals surface area (Å²) in [7, 11) is -2.20. The van der Waals surface area contributed by atoms with Crippen molar-refractivity contribution in [3.63, 3.8) is 0 Å². The van der Waals surface area contributed by atoms with Gasteiger partial charge in [0.15, 0.2) is 5.13 Å². The molecule has 1 aliphatic rings. The zero-order chi connectivity index (χ0) is 20.4. The van der Waals surface area contributed by atoms with Gasteiger partial charge in [-0.05, 0) is 43.2 Å². The molecule has 1 amide bonds. The van der Waals surface area contributed by atoms with Crippen LogP contribution in [0.2, 0.25) is 0 Å². The second kappa shape index (κ2) is 8.10. The maximum absolute atomic E-state index is 13.0. The number of amides is 1. The number of hydrogen-bond acceptors (Lipinski definition) is 6. The minimum atomic E-state index is -3.65. The zero-order valence-electron chi connectivity index (χ0n) is 15.9. The summed E-state index contributed by atoms with van der Waals surface area (Å²) in [4.78, 5) is 17.4. The van der Waals surface area contributed by atoms with Gasteiger partial charge in [0.1, 0.15) is 5.75 Å². The second-order valence-electron chi connectivity index (χ2n) is 6.77. The number of nitrogens with zero attached hydrogens (tertiary/aromatic N) is 2. The van der Waals surface area contributed by atoms with E-state index >= 15 is 0 Å². The second-order valence-corrected chi connectivity index (χ2v) is 9.74. The van der Waals surface area contributed by atoms with E-state index in [1.165, 1.54) is 41.0 Å². The van der Waals surface area contributed by atoms with Crippen molar-refractivity contribution in [3.05, 3.63) is 48.0 Å². The Morgan fingerprint density at radius 2 is 1.90 bits per heavy atom. The van der Waals surface area contributed by atoms with Crippen LogP contribution in [0.15, 0.2) is 47.4 Å². The van der Waals surface area contributed by atoms with E-state index in [0.717, 1.165) is 29.5 Å². The smallest absolute Gasteiger partial charge is 0.261 e. The lowest BCUT2D eigenvalue weighted by atomic mass is 10.2. The number of carbonyl (C=O) groups excluding carboxylic acids is 1. The predicted octanol–water partition coefficient (Wildman–Crippen LogP) is 3.73. The van der Waals surface area contributed by atoms with E-state index in [-0.39, 0.29) is 10.5 Å². The molecule has 2 heterocycles. The number of aromatic nitrogens is 1. The maximum atomic E-state index is 13.0. The number of fused-ring (bicyclic) bond motifs is 1. The third-order valence-corrected chi connectivity index (χ3v) is 7.73. The van der Waals surface area contributed by atoms with Crippen LogP contribution in [0.25, 0.3) is 10.2 Å². The SMILES string of the molecule is COc1ccc(S(=O)(=O)N2CCCCC2)cc1C(=O)Nc1nc2ccccc2s1. The van der Waals surface area contributed by atoms with Crippen LogP contribution in [0.3, 0.4) is 0 Å². The number of ether oxygens (including phenoxy) is 1. The predicted molar refractivity (Wildman–Crippen MR) is 113 cm³/mol. The molecule has 0 spiro atoms.